The molecular formula is C16H14ClN3. The molecule has 2 N–H and O–H groups in total. The quantitative estimate of drug-likeness (QED) is 0.741. The maximum Gasteiger partial charge on any atom is 0.201 e. The van der Waals surface area contributed by atoms with Gasteiger partial charge in [-0.3, -0.25) is 0 Å². The number of hydrogen-bond acceptors (Lipinski definition) is 2. The first kappa shape index (κ1) is 11.8. The predicted octanol–water partition coefficient (Wildman–Crippen LogP) is 3.61. The lowest BCUT2D eigenvalue weighted by molar-refractivity contribution is 0.550. The Hall–Kier alpha value is -2.00. The lowest BCUT2D eigenvalue weighted by Crippen LogP contribution is -2.12. The average molecular weight is 284 g/mol. The number of anilines is 1. The molecule has 1 aromatic heterocycles. The maximum absolute atomic E-state index is 6.35. The number of nitrogens with zero attached hydrogens (tertiary/aromatic N) is 2. The molecule has 0 spiro atoms. The van der Waals surface area contributed by atoms with Crippen LogP contribution in [-0.2, 0) is 12.8 Å². The fraction of sp³-hybridized carbons (Fsp3) is 0.188. The van der Waals surface area contributed by atoms with Crippen molar-refractivity contribution in [2.45, 2.75) is 18.9 Å². The van der Waals surface area contributed by atoms with Gasteiger partial charge in [0.05, 0.1) is 16.1 Å². The number of halogens is 1. The first-order valence-corrected chi connectivity index (χ1v) is 7.10. The number of nitrogen functional groups attached to an aromatic ring is 1. The van der Waals surface area contributed by atoms with Gasteiger partial charge in [0, 0.05) is 6.04 Å². The van der Waals surface area contributed by atoms with E-state index in [1.165, 1.54) is 11.1 Å². The van der Waals surface area contributed by atoms with Crippen LogP contribution in [0.2, 0.25) is 5.02 Å². The van der Waals surface area contributed by atoms with E-state index in [1.807, 2.05) is 18.2 Å². The van der Waals surface area contributed by atoms with Crippen LogP contribution in [-0.4, -0.2) is 9.55 Å². The molecule has 0 amide bonds. The fourth-order valence-electron chi connectivity index (χ4n) is 3.21. The monoisotopic (exact) mass is 283 g/mol. The van der Waals surface area contributed by atoms with Crippen LogP contribution < -0.4 is 5.73 Å². The van der Waals surface area contributed by atoms with Gasteiger partial charge in [-0.15, -0.1) is 0 Å². The molecule has 3 aromatic rings. The fourth-order valence-corrected chi connectivity index (χ4v) is 3.47. The van der Waals surface area contributed by atoms with Crippen LogP contribution in [0.25, 0.3) is 11.0 Å². The Morgan fingerprint density at radius 2 is 1.75 bits per heavy atom. The van der Waals surface area contributed by atoms with Crippen LogP contribution in [0.15, 0.2) is 42.5 Å². The van der Waals surface area contributed by atoms with Gasteiger partial charge in [0.15, 0.2) is 0 Å². The number of nitrogens with two attached hydrogens (primary N) is 1. The topological polar surface area (TPSA) is 43.8 Å². The van der Waals surface area contributed by atoms with Crippen LogP contribution in [0.4, 0.5) is 5.95 Å². The highest BCUT2D eigenvalue weighted by atomic mass is 35.5. The van der Waals surface area contributed by atoms with Gasteiger partial charge in [-0.25, -0.2) is 4.98 Å². The molecule has 0 saturated carbocycles. The third kappa shape index (κ3) is 1.63. The number of rotatable bonds is 1. The minimum Gasteiger partial charge on any atom is -0.369 e. The normalized spacial score (nSPS) is 14.8. The molecule has 4 heteroatoms. The number of benzene rings is 2. The van der Waals surface area contributed by atoms with E-state index in [0.29, 0.717) is 17.0 Å². The van der Waals surface area contributed by atoms with Crippen LogP contribution in [0, 0.1) is 0 Å². The lowest BCUT2D eigenvalue weighted by Gasteiger charge is -2.15. The van der Waals surface area contributed by atoms with Gasteiger partial charge in [0.25, 0.3) is 0 Å². The minimum atomic E-state index is 0.303. The van der Waals surface area contributed by atoms with E-state index >= 15 is 0 Å². The van der Waals surface area contributed by atoms with E-state index < -0.39 is 0 Å². The average Bonchev–Trinajstić information content (AvgIpc) is 2.99. The van der Waals surface area contributed by atoms with Crippen LogP contribution in [0.3, 0.4) is 0 Å². The van der Waals surface area contributed by atoms with Gasteiger partial charge in [0.1, 0.15) is 0 Å². The highest BCUT2D eigenvalue weighted by Crippen LogP contribution is 2.36. The van der Waals surface area contributed by atoms with E-state index in [9.17, 15) is 0 Å². The Morgan fingerprint density at radius 1 is 1.05 bits per heavy atom. The molecule has 0 aliphatic heterocycles. The molecule has 1 aliphatic carbocycles. The van der Waals surface area contributed by atoms with Crippen molar-refractivity contribution in [3.8, 4) is 0 Å². The molecule has 0 bridgehead atoms. The second-order valence-electron chi connectivity index (χ2n) is 5.28. The minimum absolute atomic E-state index is 0.303. The molecule has 20 heavy (non-hydrogen) atoms. The Morgan fingerprint density at radius 3 is 2.45 bits per heavy atom. The summed E-state index contributed by atoms with van der Waals surface area (Å²) >= 11 is 6.35. The van der Waals surface area contributed by atoms with Crippen molar-refractivity contribution in [3.05, 3.63) is 58.6 Å². The Balaban J connectivity index is 1.87. The molecular weight excluding hydrogens is 270 g/mol. The van der Waals surface area contributed by atoms with Crippen molar-refractivity contribution in [3.63, 3.8) is 0 Å². The molecule has 100 valence electrons. The zero-order chi connectivity index (χ0) is 13.7. The summed E-state index contributed by atoms with van der Waals surface area (Å²) in [5.41, 5.74) is 10.7. The molecule has 0 fully saturated rings. The summed E-state index contributed by atoms with van der Waals surface area (Å²) in [6.45, 7) is 0. The smallest absolute Gasteiger partial charge is 0.201 e. The summed E-state index contributed by atoms with van der Waals surface area (Å²) in [6, 6.07) is 14.6. The van der Waals surface area contributed by atoms with Gasteiger partial charge in [-0.05, 0) is 36.1 Å². The van der Waals surface area contributed by atoms with Gasteiger partial charge >= 0.3 is 0 Å². The number of para-hydroxylation sites is 1. The van der Waals surface area contributed by atoms with Gasteiger partial charge < -0.3 is 10.3 Å². The third-order valence-corrected chi connectivity index (χ3v) is 4.39. The summed E-state index contributed by atoms with van der Waals surface area (Å²) in [6.07, 6.45) is 1.97. The maximum atomic E-state index is 6.35. The molecule has 0 saturated heterocycles. The number of aromatic nitrogens is 2. The number of hydrogen-bond donors (Lipinski definition) is 1. The first-order chi connectivity index (χ1) is 9.74. The standard InChI is InChI=1S/C16H14ClN3/c17-13-6-3-7-14-15(13)20(16(18)19-14)12-8-10-4-1-2-5-11(10)9-12/h1-7,12H,8-9H2,(H2,18,19). The Labute approximate surface area is 122 Å². The largest absolute Gasteiger partial charge is 0.369 e. The summed E-state index contributed by atoms with van der Waals surface area (Å²) in [7, 11) is 0. The second kappa shape index (κ2) is 4.25. The van der Waals surface area contributed by atoms with Crippen molar-refractivity contribution < 1.29 is 0 Å². The Kier molecular flexibility index (Phi) is 2.51. The molecule has 3 nitrogen and oxygen atoms in total. The zero-order valence-corrected chi connectivity index (χ0v) is 11.6. The number of imidazole rings is 1. The Bertz CT molecular complexity index is 782. The van der Waals surface area contributed by atoms with E-state index in [-0.39, 0.29) is 0 Å². The van der Waals surface area contributed by atoms with E-state index in [4.69, 9.17) is 17.3 Å². The molecule has 0 radical (unpaired) electrons. The van der Waals surface area contributed by atoms with Gasteiger partial charge in [-0.2, -0.15) is 0 Å². The van der Waals surface area contributed by atoms with Gasteiger partial charge in [0.2, 0.25) is 5.95 Å². The molecule has 1 aliphatic rings. The zero-order valence-electron chi connectivity index (χ0n) is 10.9. The van der Waals surface area contributed by atoms with E-state index in [0.717, 1.165) is 23.9 Å². The summed E-state index contributed by atoms with van der Waals surface area (Å²) < 4.78 is 2.09. The second-order valence-corrected chi connectivity index (χ2v) is 5.69. The molecule has 2 aromatic carbocycles. The first-order valence-electron chi connectivity index (χ1n) is 6.73. The van der Waals surface area contributed by atoms with E-state index in [2.05, 4.69) is 33.8 Å². The van der Waals surface area contributed by atoms with Crippen molar-refractivity contribution >= 4 is 28.6 Å². The highest BCUT2D eigenvalue weighted by molar-refractivity contribution is 6.35. The molecule has 1 heterocycles. The summed E-state index contributed by atoms with van der Waals surface area (Å²) in [4.78, 5) is 4.44. The molecule has 0 atom stereocenters. The van der Waals surface area contributed by atoms with Crippen LogP contribution >= 0.6 is 11.6 Å². The van der Waals surface area contributed by atoms with Crippen molar-refractivity contribution in [1.29, 1.82) is 0 Å². The molecule has 4 rings (SSSR count). The third-order valence-electron chi connectivity index (χ3n) is 4.08. The summed E-state index contributed by atoms with van der Waals surface area (Å²) in [5.74, 6) is 0.547. The lowest BCUT2D eigenvalue weighted by atomic mass is 10.1. The van der Waals surface area contributed by atoms with Crippen LogP contribution in [0.5, 0.6) is 0 Å². The number of fused-ring (bicyclic) bond motifs is 2. The van der Waals surface area contributed by atoms with Crippen molar-refractivity contribution in [1.82, 2.24) is 9.55 Å². The van der Waals surface area contributed by atoms with Crippen LogP contribution in [0.1, 0.15) is 17.2 Å². The summed E-state index contributed by atoms with van der Waals surface area (Å²) in [5, 5.41) is 0.711. The van der Waals surface area contributed by atoms with Crippen molar-refractivity contribution in [2.24, 2.45) is 0 Å². The van der Waals surface area contributed by atoms with E-state index in [1.54, 1.807) is 0 Å². The SMILES string of the molecule is Nc1nc2cccc(Cl)c2n1C1Cc2ccccc2C1. The van der Waals surface area contributed by atoms with Crippen molar-refractivity contribution in [2.75, 3.05) is 5.73 Å². The molecule has 0 unspecified atom stereocenters. The van der Waals surface area contributed by atoms with Gasteiger partial charge in [-0.1, -0.05) is 41.9 Å². The highest BCUT2D eigenvalue weighted by Gasteiger charge is 2.26. The predicted molar refractivity (Wildman–Crippen MR) is 82.0 cm³/mol.